The van der Waals surface area contributed by atoms with Crippen molar-refractivity contribution in [1.29, 1.82) is 0 Å². The summed E-state index contributed by atoms with van der Waals surface area (Å²) in [6.07, 6.45) is 1.50. The molecule has 7 nitrogen and oxygen atoms in total. The lowest BCUT2D eigenvalue weighted by Crippen LogP contribution is -2.52. The van der Waals surface area contributed by atoms with Crippen molar-refractivity contribution in [3.05, 3.63) is 64.7 Å². The predicted molar refractivity (Wildman–Crippen MR) is 142 cm³/mol. The molecule has 192 valence electrons. The van der Waals surface area contributed by atoms with Crippen LogP contribution in [0, 0.1) is 26.7 Å². The van der Waals surface area contributed by atoms with Gasteiger partial charge in [-0.2, -0.15) is 0 Å². The van der Waals surface area contributed by atoms with E-state index in [1.807, 2.05) is 71.9 Å². The van der Waals surface area contributed by atoms with Crippen molar-refractivity contribution in [2.24, 2.45) is 5.92 Å². The summed E-state index contributed by atoms with van der Waals surface area (Å²) in [4.78, 5) is 28.4. The van der Waals surface area contributed by atoms with E-state index in [1.165, 1.54) is 4.90 Å². The maximum absolute atomic E-state index is 13.8. The first kappa shape index (κ1) is 28.4. The maximum Gasteiger partial charge on any atom is 0.244 e. The van der Waals surface area contributed by atoms with Crippen molar-refractivity contribution in [2.45, 2.75) is 60.5 Å². The number of sulfonamides is 1. The molecular formula is C27H39N3O4S. The van der Waals surface area contributed by atoms with Crippen LogP contribution in [-0.4, -0.2) is 50.5 Å². The zero-order chi connectivity index (χ0) is 26.3. The van der Waals surface area contributed by atoms with Crippen LogP contribution in [0.1, 0.15) is 49.4 Å². The third kappa shape index (κ3) is 7.56. The van der Waals surface area contributed by atoms with Gasteiger partial charge in [-0.15, -0.1) is 0 Å². The van der Waals surface area contributed by atoms with Gasteiger partial charge in [-0.25, -0.2) is 8.42 Å². The third-order valence-electron chi connectivity index (χ3n) is 6.20. The Hall–Kier alpha value is -2.87. The summed E-state index contributed by atoms with van der Waals surface area (Å²) in [5.41, 5.74) is 4.10. The van der Waals surface area contributed by atoms with Gasteiger partial charge in [0.05, 0.1) is 11.9 Å². The highest BCUT2D eigenvalue weighted by molar-refractivity contribution is 7.92. The fraction of sp³-hybridized carbons (Fsp3) is 0.481. The molecule has 0 aromatic heterocycles. The molecule has 0 aliphatic carbocycles. The van der Waals surface area contributed by atoms with Crippen LogP contribution in [0.15, 0.2) is 42.5 Å². The van der Waals surface area contributed by atoms with Crippen LogP contribution in [0.3, 0.4) is 0 Å². The highest BCUT2D eigenvalue weighted by Gasteiger charge is 2.32. The Kier molecular flexibility index (Phi) is 9.89. The first-order valence-corrected chi connectivity index (χ1v) is 13.9. The van der Waals surface area contributed by atoms with Crippen LogP contribution < -0.4 is 9.62 Å². The average molecular weight is 502 g/mol. The minimum atomic E-state index is -3.76. The van der Waals surface area contributed by atoms with Gasteiger partial charge in [0.15, 0.2) is 0 Å². The maximum atomic E-state index is 13.8. The number of aryl methyl sites for hydroxylation is 2. The molecule has 2 amide bonds. The molecule has 0 aliphatic rings. The first-order valence-electron chi connectivity index (χ1n) is 12.0. The molecule has 0 fully saturated rings. The van der Waals surface area contributed by atoms with E-state index < -0.39 is 22.0 Å². The highest BCUT2D eigenvalue weighted by Crippen LogP contribution is 2.26. The molecule has 8 heteroatoms. The summed E-state index contributed by atoms with van der Waals surface area (Å²) in [5, 5.41) is 2.94. The molecule has 2 aromatic carbocycles. The number of anilines is 1. The van der Waals surface area contributed by atoms with E-state index in [0.29, 0.717) is 18.7 Å². The largest absolute Gasteiger partial charge is 0.354 e. The monoisotopic (exact) mass is 501 g/mol. The molecule has 0 radical (unpaired) electrons. The highest BCUT2D eigenvalue weighted by atomic mass is 32.2. The Morgan fingerprint density at radius 2 is 1.60 bits per heavy atom. The SMILES string of the molecule is CCC(C(=O)NCC(C)C)N(Cc1ccccc1C)C(=O)CN(c1cccc(C)c1C)S(C)(=O)=O. The van der Waals surface area contributed by atoms with Crippen LogP contribution in [0.2, 0.25) is 0 Å². The lowest BCUT2D eigenvalue weighted by Gasteiger charge is -2.33. The molecule has 1 atom stereocenters. The Labute approximate surface area is 210 Å². The molecule has 1 N–H and O–H groups in total. The standard InChI is InChI=1S/C27H39N3O4S/c1-8-24(27(32)28-16-19(2)3)29(17-23-14-10-9-12-21(23)5)26(31)18-30(35(7,33)34)25-15-11-13-20(4)22(25)6/h9-15,19,24H,8,16-18H2,1-7H3,(H,28,32). The summed E-state index contributed by atoms with van der Waals surface area (Å²) in [6, 6.07) is 12.4. The number of hydrogen-bond acceptors (Lipinski definition) is 4. The molecule has 0 heterocycles. The van der Waals surface area contributed by atoms with Gasteiger partial charge in [-0.1, -0.05) is 57.2 Å². The average Bonchev–Trinajstić information content (AvgIpc) is 2.78. The van der Waals surface area contributed by atoms with Gasteiger partial charge in [0.1, 0.15) is 12.6 Å². The van der Waals surface area contributed by atoms with Crippen molar-refractivity contribution in [2.75, 3.05) is 23.7 Å². The van der Waals surface area contributed by atoms with Gasteiger partial charge in [0, 0.05) is 13.1 Å². The number of carbonyl (C=O) groups excluding carboxylic acids is 2. The number of rotatable bonds is 11. The predicted octanol–water partition coefficient (Wildman–Crippen LogP) is 3.96. The normalized spacial score (nSPS) is 12.3. The van der Waals surface area contributed by atoms with Gasteiger partial charge in [0.25, 0.3) is 0 Å². The van der Waals surface area contributed by atoms with Crippen molar-refractivity contribution >= 4 is 27.5 Å². The van der Waals surface area contributed by atoms with Gasteiger partial charge >= 0.3 is 0 Å². The number of benzene rings is 2. The molecule has 0 spiro atoms. The van der Waals surface area contributed by atoms with E-state index >= 15 is 0 Å². The summed E-state index contributed by atoms with van der Waals surface area (Å²) in [7, 11) is -3.76. The topological polar surface area (TPSA) is 86.8 Å². The molecular weight excluding hydrogens is 462 g/mol. The number of hydrogen-bond donors (Lipinski definition) is 1. The minimum Gasteiger partial charge on any atom is -0.354 e. The molecule has 0 bridgehead atoms. The summed E-state index contributed by atoms with van der Waals surface area (Å²) in [5.74, 6) is -0.395. The number of amides is 2. The molecule has 0 saturated heterocycles. The van der Waals surface area contributed by atoms with E-state index in [2.05, 4.69) is 5.32 Å². The summed E-state index contributed by atoms with van der Waals surface area (Å²) in [6.45, 7) is 11.9. The zero-order valence-electron chi connectivity index (χ0n) is 22.0. The van der Waals surface area contributed by atoms with Crippen LogP contribution in [0.5, 0.6) is 0 Å². The van der Waals surface area contributed by atoms with Crippen LogP contribution in [0.4, 0.5) is 5.69 Å². The van der Waals surface area contributed by atoms with E-state index in [9.17, 15) is 18.0 Å². The fourth-order valence-corrected chi connectivity index (χ4v) is 4.81. The fourth-order valence-electron chi connectivity index (χ4n) is 3.91. The lowest BCUT2D eigenvalue weighted by molar-refractivity contribution is -0.140. The number of carbonyl (C=O) groups is 2. The molecule has 0 aliphatic heterocycles. The van der Waals surface area contributed by atoms with Crippen molar-refractivity contribution in [3.63, 3.8) is 0 Å². The van der Waals surface area contributed by atoms with Gasteiger partial charge < -0.3 is 10.2 Å². The van der Waals surface area contributed by atoms with Crippen molar-refractivity contribution in [1.82, 2.24) is 10.2 Å². The quantitative estimate of drug-likeness (QED) is 0.505. The van der Waals surface area contributed by atoms with E-state index in [0.717, 1.165) is 32.8 Å². The zero-order valence-corrected chi connectivity index (χ0v) is 22.8. The molecule has 2 aromatic rings. The van der Waals surface area contributed by atoms with E-state index in [4.69, 9.17) is 0 Å². The first-order chi connectivity index (χ1) is 16.4. The number of nitrogens with zero attached hydrogens (tertiary/aromatic N) is 2. The van der Waals surface area contributed by atoms with Gasteiger partial charge in [-0.05, 0) is 61.4 Å². The Balaban J connectivity index is 2.48. The third-order valence-corrected chi connectivity index (χ3v) is 7.32. The van der Waals surface area contributed by atoms with Crippen molar-refractivity contribution in [3.8, 4) is 0 Å². The Morgan fingerprint density at radius 1 is 0.971 bits per heavy atom. The second-order valence-corrected chi connectivity index (χ2v) is 11.4. The number of nitrogens with one attached hydrogen (secondary N) is 1. The second kappa shape index (κ2) is 12.2. The molecule has 1 unspecified atom stereocenters. The van der Waals surface area contributed by atoms with Crippen LogP contribution in [0.25, 0.3) is 0 Å². The van der Waals surface area contributed by atoms with E-state index in [1.54, 1.807) is 12.1 Å². The van der Waals surface area contributed by atoms with Crippen LogP contribution in [-0.2, 0) is 26.2 Å². The molecule has 0 saturated carbocycles. The minimum absolute atomic E-state index is 0.212. The molecule has 2 rings (SSSR count). The summed E-state index contributed by atoms with van der Waals surface area (Å²) >= 11 is 0. The van der Waals surface area contributed by atoms with E-state index in [-0.39, 0.29) is 24.9 Å². The van der Waals surface area contributed by atoms with Gasteiger partial charge in [0.2, 0.25) is 21.8 Å². The second-order valence-electron chi connectivity index (χ2n) is 9.50. The molecule has 35 heavy (non-hydrogen) atoms. The Bertz CT molecular complexity index is 1140. The smallest absolute Gasteiger partial charge is 0.244 e. The lowest BCUT2D eigenvalue weighted by atomic mass is 10.1. The van der Waals surface area contributed by atoms with Gasteiger partial charge in [-0.3, -0.25) is 13.9 Å². The van der Waals surface area contributed by atoms with Crippen LogP contribution >= 0.6 is 0 Å². The Morgan fingerprint density at radius 3 is 2.17 bits per heavy atom. The summed E-state index contributed by atoms with van der Waals surface area (Å²) < 4.78 is 26.7. The van der Waals surface area contributed by atoms with Crippen molar-refractivity contribution < 1.29 is 18.0 Å².